The summed E-state index contributed by atoms with van der Waals surface area (Å²) in [5.41, 5.74) is 4.48. The predicted molar refractivity (Wildman–Crippen MR) is 95.3 cm³/mol. The molecule has 120 valence electrons. The van der Waals surface area contributed by atoms with E-state index in [2.05, 4.69) is 10.2 Å². The van der Waals surface area contributed by atoms with Crippen molar-refractivity contribution in [2.45, 2.75) is 13.8 Å². The molecule has 3 aromatic rings. The van der Waals surface area contributed by atoms with Crippen LogP contribution >= 0.6 is 0 Å². The number of aryl methyl sites for hydroxylation is 1. The highest BCUT2D eigenvalue weighted by Gasteiger charge is 2.11. The van der Waals surface area contributed by atoms with Crippen LogP contribution in [0.1, 0.15) is 11.1 Å². The largest absolute Gasteiger partial charge is 0.506 e. The molecule has 0 fully saturated rings. The second-order valence-corrected chi connectivity index (χ2v) is 5.61. The zero-order valence-corrected chi connectivity index (χ0v) is 13.6. The van der Waals surface area contributed by atoms with E-state index in [0.29, 0.717) is 11.4 Å². The molecule has 24 heavy (non-hydrogen) atoms. The van der Waals surface area contributed by atoms with Crippen LogP contribution in [-0.4, -0.2) is 10.2 Å². The Balaban J connectivity index is 2.07. The van der Waals surface area contributed by atoms with Crippen molar-refractivity contribution in [1.82, 2.24) is 0 Å². The maximum absolute atomic E-state index is 10.2. The van der Waals surface area contributed by atoms with Gasteiger partial charge in [0.2, 0.25) is 0 Å². The van der Waals surface area contributed by atoms with Gasteiger partial charge >= 0.3 is 0 Å². The number of rotatable bonds is 3. The fourth-order valence-corrected chi connectivity index (χ4v) is 2.62. The molecule has 0 atom stereocenters. The van der Waals surface area contributed by atoms with Crippen LogP contribution in [0.4, 0.5) is 11.4 Å². The molecule has 0 radical (unpaired) electrons. The van der Waals surface area contributed by atoms with Crippen molar-refractivity contribution in [2.75, 3.05) is 0 Å². The highest BCUT2D eigenvalue weighted by Crippen LogP contribution is 2.39. The summed E-state index contributed by atoms with van der Waals surface area (Å²) in [5.74, 6) is 0.124. The zero-order valence-electron chi connectivity index (χ0n) is 13.6. The Morgan fingerprint density at radius 1 is 0.667 bits per heavy atom. The monoisotopic (exact) mass is 318 g/mol. The fraction of sp³-hybridized carbons (Fsp3) is 0.100. The summed E-state index contributed by atoms with van der Waals surface area (Å²) in [6.45, 7) is 3.75. The minimum absolute atomic E-state index is 0.0593. The van der Waals surface area contributed by atoms with Gasteiger partial charge in [0.25, 0.3) is 0 Å². The molecule has 0 aliphatic carbocycles. The molecule has 0 aliphatic rings. The van der Waals surface area contributed by atoms with Gasteiger partial charge in [0.15, 0.2) is 0 Å². The van der Waals surface area contributed by atoms with Crippen LogP contribution in [0.3, 0.4) is 0 Å². The normalized spacial score (nSPS) is 11.1. The molecule has 4 heteroatoms. The zero-order chi connectivity index (χ0) is 17.1. The van der Waals surface area contributed by atoms with E-state index in [1.54, 1.807) is 18.2 Å². The minimum atomic E-state index is 0.0593. The van der Waals surface area contributed by atoms with Crippen molar-refractivity contribution in [2.24, 2.45) is 10.2 Å². The Hall–Kier alpha value is -3.14. The summed E-state index contributed by atoms with van der Waals surface area (Å²) < 4.78 is 0. The molecular weight excluding hydrogens is 300 g/mol. The van der Waals surface area contributed by atoms with Crippen molar-refractivity contribution >= 4 is 11.4 Å². The number of aromatic hydroxyl groups is 2. The number of hydrogen-bond donors (Lipinski definition) is 2. The third-order valence-electron chi connectivity index (χ3n) is 3.96. The first-order chi connectivity index (χ1) is 11.6. The first-order valence-electron chi connectivity index (χ1n) is 7.66. The number of hydrogen-bond acceptors (Lipinski definition) is 4. The van der Waals surface area contributed by atoms with Gasteiger partial charge in [0.05, 0.1) is 0 Å². The Bertz CT molecular complexity index is 883. The van der Waals surface area contributed by atoms with Crippen LogP contribution in [0.5, 0.6) is 11.5 Å². The van der Waals surface area contributed by atoms with Crippen molar-refractivity contribution in [3.8, 4) is 22.6 Å². The van der Waals surface area contributed by atoms with E-state index >= 15 is 0 Å². The van der Waals surface area contributed by atoms with Crippen molar-refractivity contribution in [1.29, 1.82) is 0 Å². The predicted octanol–water partition coefficient (Wildman–Crippen LogP) is 5.80. The number of azo groups is 1. The van der Waals surface area contributed by atoms with Gasteiger partial charge in [-0.05, 0) is 48.2 Å². The van der Waals surface area contributed by atoms with Gasteiger partial charge < -0.3 is 10.2 Å². The van der Waals surface area contributed by atoms with Gasteiger partial charge in [0.1, 0.15) is 22.9 Å². The quantitative estimate of drug-likeness (QED) is 0.600. The molecule has 0 aromatic heterocycles. The third kappa shape index (κ3) is 2.99. The summed E-state index contributed by atoms with van der Waals surface area (Å²) in [6, 6.07) is 18.5. The Morgan fingerprint density at radius 2 is 1.33 bits per heavy atom. The Kier molecular flexibility index (Phi) is 4.29. The van der Waals surface area contributed by atoms with Gasteiger partial charge in [-0.25, -0.2) is 0 Å². The van der Waals surface area contributed by atoms with Crippen LogP contribution in [0, 0.1) is 13.8 Å². The second kappa shape index (κ2) is 6.54. The minimum Gasteiger partial charge on any atom is -0.506 e. The first kappa shape index (κ1) is 15.7. The number of benzene rings is 3. The fourth-order valence-electron chi connectivity index (χ4n) is 2.62. The van der Waals surface area contributed by atoms with E-state index in [0.717, 1.165) is 22.3 Å². The summed E-state index contributed by atoms with van der Waals surface area (Å²) in [4.78, 5) is 0. The van der Waals surface area contributed by atoms with E-state index in [1.165, 1.54) is 0 Å². The average molecular weight is 318 g/mol. The van der Waals surface area contributed by atoms with Crippen molar-refractivity contribution in [3.63, 3.8) is 0 Å². The summed E-state index contributed by atoms with van der Waals surface area (Å²) in [5, 5.41) is 28.4. The molecular formula is C20H18N2O2. The topological polar surface area (TPSA) is 65.2 Å². The lowest BCUT2D eigenvalue weighted by molar-refractivity contribution is 0.473. The first-order valence-corrected chi connectivity index (χ1v) is 7.66. The van der Waals surface area contributed by atoms with E-state index in [1.807, 2.05) is 56.3 Å². The molecule has 0 amide bonds. The van der Waals surface area contributed by atoms with E-state index in [-0.39, 0.29) is 11.5 Å². The molecule has 0 saturated carbocycles. The van der Waals surface area contributed by atoms with Gasteiger partial charge in [-0.2, -0.15) is 0 Å². The molecule has 0 heterocycles. The molecule has 0 unspecified atom stereocenters. The van der Waals surface area contributed by atoms with E-state index < -0.39 is 0 Å². The van der Waals surface area contributed by atoms with Crippen molar-refractivity contribution < 1.29 is 10.2 Å². The molecule has 0 bridgehead atoms. The lowest BCUT2D eigenvalue weighted by Crippen LogP contribution is -1.84. The molecule has 2 N–H and O–H groups in total. The maximum atomic E-state index is 10.2. The summed E-state index contributed by atoms with van der Waals surface area (Å²) >= 11 is 0. The van der Waals surface area contributed by atoms with Crippen LogP contribution in [0.25, 0.3) is 11.1 Å². The van der Waals surface area contributed by atoms with Crippen LogP contribution in [0.15, 0.2) is 70.9 Å². The summed E-state index contributed by atoms with van der Waals surface area (Å²) in [6.07, 6.45) is 0. The summed E-state index contributed by atoms with van der Waals surface area (Å²) in [7, 11) is 0. The Labute approximate surface area is 140 Å². The smallest absolute Gasteiger partial charge is 0.143 e. The maximum Gasteiger partial charge on any atom is 0.143 e. The van der Waals surface area contributed by atoms with Gasteiger partial charge in [0, 0.05) is 0 Å². The number of phenols is 2. The van der Waals surface area contributed by atoms with Crippen LogP contribution < -0.4 is 0 Å². The van der Waals surface area contributed by atoms with E-state index in [9.17, 15) is 10.2 Å². The Morgan fingerprint density at radius 3 is 2.04 bits per heavy atom. The second-order valence-electron chi connectivity index (χ2n) is 5.61. The lowest BCUT2D eigenvalue weighted by Gasteiger charge is -2.10. The standard InChI is InChI=1S/C20H18N2O2/c1-13-7-6-10-17(23)19(13)21-22-20-14(2)16(11-12-18(20)24)15-8-4-3-5-9-15/h3-12,23-24H,1-2H3. The van der Waals surface area contributed by atoms with Gasteiger partial charge in [-0.15, -0.1) is 10.2 Å². The lowest BCUT2D eigenvalue weighted by atomic mass is 9.99. The van der Waals surface area contributed by atoms with Crippen LogP contribution in [0.2, 0.25) is 0 Å². The van der Waals surface area contributed by atoms with Gasteiger partial charge in [-0.3, -0.25) is 0 Å². The molecule has 0 spiro atoms. The van der Waals surface area contributed by atoms with Gasteiger partial charge in [-0.1, -0.05) is 48.5 Å². The molecule has 0 saturated heterocycles. The molecule has 3 aromatic carbocycles. The van der Waals surface area contributed by atoms with E-state index in [4.69, 9.17) is 0 Å². The SMILES string of the molecule is Cc1cccc(O)c1N=Nc1c(O)ccc(-c2ccccc2)c1C. The number of phenolic OH excluding ortho intramolecular Hbond substituents is 2. The molecule has 4 nitrogen and oxygen atoms in total. The molecule has 3 rings (SSSR count). The van der Waals surface area contributed by atoms with Crippen molar-refractivity contribution in [3.05, 3.63) is 71.8 Å². The van der Waals surface area contributed by atoms with Crippen LogP contribution in [-0.2, 0) is 0 Å². The third-order valence-corrected chi connectivity index (χ3v) is 3.96. The average Bonchev–Trinajstić information content (AvgIpc) is 2.58. The molecule has 0 aliphatic heterocycles. The highest BCUT2D eigenvalue weighted by molar-refractivity contribution is 5.75. The number of nitrogens with zero attached hydrogens (tertiary/aromatic N) is 2. The highest BCUT2D eigenvalue weighted by atomic mass is 16.3.